The van der Waals surface area contributed by atoms with E-state index < -0.39 is 0 Å². The summed E-state index contributed by atoms with van der Waals surface area (Å²) in [7, 11) is 0. The molecule has 0 saturated carbocycles. The van der Waals surface area contributed by atoms with Crippen LogP contribution in [-0.4, -0.2) is 42.3 Å². The van der Waals surface area contributed by atoms with Crippen LogP contribution in [0.15, 0.2) is 18.2 Å². The summed E-state index contributed by atoms with van der Waals surface area (Å²) in [4.78, 5) is 27.4. The molecule has 4 nitrogen and oxygen atoms in total. The van der Waals surface area contributed by atoms with Gasteiger partial charge in [0, 0.05) is 31.0 Å². The van der Waals surface area contributed by atoms with Crippen LogP contribution in [0.25, 0.3) is 0 Å². The molecule has 0 radical (unpaired) electrons. The number of nitrogens with zero attached hydrogens (tertiary/aromatic N) is 1. The molecule has 1 saturated heterocycles. The van der Waals surface area contributed by atoms with Crippen molar-refractivity contribution < 1.29 is 9.59 Å². The summed E-state index contributed by atoms with van der Waals surface area (Å²) in [6.45, 7) is 4.87. The smallest absolute Gasteiger partial charge is 0.223 e. The molecule has 4 heteroatoms. The van der Waals surface area contributed by atoms with Crippen molar-refractivity contribution in [3.8, 4) is 0 Å². The van der Waals surface area contributed by atoms with Gasteiger partial charge in [0.1, 0.15) is 0 Å². The van der Waals surface area contributed by atoms with E-state index in [1.807, 2.05) is 11.0 Å². The zero-order chi connectivity index (χ0) is 18.4. The summed E-state index contributed by atoms with van der Waals surface area (Å²) < 4.78 is 0. The summed E-state index contributed by atoms with van der Waals surface area (Å²) >= 11 is 0. The Morgan fingerprint density at radius 1 is 1.08 bits per heavy atom. The molecule has 1 heterocycles. The standard InChI is InChI=1S/C22H32N2O2/c1-2-15-24(20-11-13-23-14-12-20)22(26)10-9-21(25)19-8-7-17-5-3-4-6-18(17)16-19/h7-8,16,20,23H,2-6,9-15H2,1H3. The molecule has 1 N–H and O–H groups in total. The quantitative estimate of drug-likeness (QED) is 0.761. The topological polar surface area (TPSA) is 49.4 Å². The number of amides is 1. The van der Waals surface area contributed by atoms with Crippen molar-refractivity contribution in [3.63, 3.8) is 0 Å². The molecule has 0 spiro atoms. The minimum Gasteiger partial charge on any atom is -0.340 e. The SMILES string of the molecule is CCCN(C(=O)CCC(=O)c1ccc2c(c1)CCCC2)C1CCNCC1. The number of benzene rings is 1. The molecular formula is C22H32N2O2. The molecule has 0 unspecified atom stereocenters. The Kier molecular flexibility index (Phi) is 6.84. The van der Waals surface area contributed by atoms with Gasteiger partial charge in [-0.2, -0.15) is 0 Å². The first-order chi connectivity index (χ1) is 12.7. The van der Waals surface area contributed by atoms with Gasteiger partial charge in [-0.15, -0.1) is 0 Å². The van der Waals surface area contributed by atoms with Gasteiger partial charge in [0.15, 0.2) is 5.78 Å². The Labute approximate surface area is 157 Å². The second-order valence-electron chi connectivity index (χ2n) is 7.68. The fourth-order valence-electron chi connectivity index (χ4n) is 4.29. The van der Waals surface area contributed by atoms with Crippen LogP contribution in [0.3, 0.4) is 0 Å². The number of piperidine rings is 1. The highest BCUT2D eigenvalue weighted by atomic mass is 16.2. The van der Waals surface area contributed by atoms with Gasteiger partial charge >= 0.3 is 0 Å². The normalized spacial score (nSPS) is 17.6. The first kappa shape index (κ1) is 19.1. The molecule has 26 heavy (non-hydrogen) atoms. The monoisotopic (exact) mass is 356 g/mol. The van der Waals surface area contributed by atoms with Crippen LogP contribution in [0.2, 0.25) is 0 Å². The molecular weight excluding hydrogens is 324 g/mol. The third-order valence-corrected chi connectivity index (χ3v) is 5.77. The lowest BCUT2D eigenvalue weighted by Gasteiger charge is -2.34. The number of rotatable bonds is 7. The molecule has 1 fully saturated rings. The maximum absolute atomic E-state index is 12.8. The number of aryl methyl sites for hydroxylation is 2. The molecule has 1 amide bonds. The number of Topliss-reactive ketones (excluding diaryl/α,β-unsaturated/α-hetero) is 1. The minimum atomic E-state index is 0.105. The number of nitrogens with one attached hydrogen (secondary N) is 1. The first-order valence-electron chi connectivity index (χ1n) is 10.3. The largest absolute Gasteiger partial charge is 0.340 e. The first-order valence-corrected chi connectivity index (χ1v) is 10.3. The van der Waals surface area contributed by atoms with Crippen molar-refractivity contribution in [2.24, 2.45) is 0 Å². The van der Waals surface area contributed by atoms with Crippen LogP contribution in [-0.2, 0) is 17.6 Å². The summed E-state index contributed by atoms with van der Waals surface area (Å²) in [5.74, 6) is 0.249. The van der Waals surface area contributed by atoms with Crippen LogP contribution >= 0.6 is 0 Å². The molecule has 0 aromatic heterocycles. The summed E-state index contributed by atoms with van der Waals surface area (Å²) in [5.41, 5.74) is 3.50. The molecule has 1 aliphatic heterocycles. The molecule has 142 valence electrons. The van der Waals surface area contributed by atoms with E-state index >= 15 is 0 Å². The average molecular weight is 357 g/mol. The predicted octanol–water partition coefficient (Wildman–Crippen LogP) is 3.52. The van der Waals surface area contributed by atoms with Crippen molar-refractivity contribution in [1.82, 2.24) is 10.2 Å². The highest BCUT2D eigenvalue weighted by molar-refractivity contribution is 5.98. The maximum atomic E-state index is 12.8. The Morgan fingerprint density at radius 3 is 2.54 bits per heavy atom. The van der Waals surface area contributed by atoms with Crippen LogP contribution in [0, 0.1) is 0 Å². The number of carbonyl (C=O) groups is 2. The zero-order valence-electron chi connectivity index (χ0n) is 16.1. The number of ketones is 1. The van der Waals surface area contributed by atoms with Crippen LogP contribution in [0.5, 0.6) is 0 Å². The van der Waals surface area contributed by atoms with Gasteiger partial charge < -0.3 is 10.2 Å². The van der Waals surface area contributed by atoms with Gasteiger partial charge in [0.2, 0.25) is 5.91 Å². The van der Waals surface area contributed by atoms with E-state index in [0.29, 0.717) is 18.9 Å². The fraction of sp³-hybridized carbons (Fsp3) is 0.636. The van der Waals surface area contributed by atoms with Gasteiger partial charge in [-0.25, -0.2) is 0 Å². The Bertz CT molecular complexity index is 635. The fourth-order valence-corrected chi connectivity index (χ4v) is 4.29. The summed E-state index contributed by atoms with van der Waals surface area (Å²) in [5, 5.41) is 3.36. The second kappa shape index (κ2) is 9.31. The molecule has 1 aromatic carbocycles. The molecule has 1 aliphatic carbocycles. The lowest BCUT2D eigenvalue weighted by Crippen LogP contribution is -2.46. The van der Waals surface area contributed by atoms with E-state index in [-0.39, 0.29) is 11.7 Å². The van der Waals surface area contributed by atoms with Crippen LogP contribution < -0.4 is 5.32 Å². The van der Waals surface area contributed by atoms with E-state index in [1.165, 1.54) is 24.0 Å². The number of carbonyl (C=O) groups excluding carboxylic acids is 2. The molecule has 0 bridgehead atoms. The molecule has 1 aromatic rings. The van der Waals surface area contributed by atoms with Crippen molar-refractivity contribution in [2.75, 3.05) is 19.6 Å². The lowest BCUT2D eigenvalue weighted by molar-refractivity contribution is -0.134. The Hall–Kier alpha value is -1.68. The number of hydrogen-bond acceptors (Lipinski definition) is 3. The lowest BCUT2D eigenvalue weighted by atomic mass is 9.89. The molecule has 2 aliphatic rings. The molecule has 3 rings (SSSR count). The third kappa shape index (κ3) is 4.73. The number of fused-ring (bicyclic) bond motifs is 1. The minimum absolute atomic E-state index is 0.105. The van der Waals surface area contributed by atoms with Gasteiger partial charge in [-0.1, -0.05) is 19.1 Å². The second-order valence-corrected chi connectivity index (χ2v) is 7.68. The van der Waals surface area contributed by atoms with Crippen molar-refractivity contribution >= 4 is 11.7 Å². The average Bonchev–Trinajstić information content (AvgIpc) is 2.70. The van der Waals surface area contributed by atoms with E-state index in [1.54, 1.807) is 0 Å². The third-order valence-electron chi connectivity index (χ3n) is 5.77. The number of hydrogen-bond donors (Lipinski definition) is 1. The van der Waals surface area contributed by atoms with Crippen LogP contribution in [0.1, 0.15) is 73.4 Å². The molecule has 0 atom stereocenters. The maximum Gasteiger partial charge on any atom is 0.223 e. The predicted molar refractivity (Wildman–Crippen MR) is 105 cm³/mol. The highest BCUT2D eigenvalue weighted by Gasteiger charge is 2.25. The Balaban J connectivity index is 1.57. The summed E-state index contributed by atoms with van der Waals surface area (Å²) in [6.07, 6.45) is 8.33. The van der Waals surface area contributed by atoms with Crippen LogP contribution in [0.4, 0.5) is 0 Å². The Morgan fingerprint density at radius 2 is 1.81 bits per heavy atom. The highest BCUT2D eigenvalue weighted by Crippen LogP contribution is 2.23. The van der Waals surface area contributed by atoms with E-state index in [2.05, 4.69) is 24.4 Å². The zero-order valence-corrected chi connectivity index (χ0v) is 16.1. The van der Waals surface area contributed by atoms with Gasteiger partial charge in [-0.3, -0.25) is 9.59 Å². The van der Waals surface area contributed by atoms with Gasteiger partial charge in [0.05, 0.1) is 0 Å². The van der Waals surface area contributed by atoms with E-state index in [4.69, 9.17) is 0 Å². The van der Waals surface area contributed by atoms with E-state index in [9.17, 15) is 9.59 Å². The van der Waals surface area contributed by atoms with Crippen molar-refractivity contribution in [3.05, 3.63) is 34.9 Å². The van der Waals surface area contributed by atoms with Crippen molar-refractivity contribution in [1.29, 1.82) is 0 Å². The summed E-state index contributed by atoms with van der Waals surface area (Å²) in [6, 6.07) is 6.47. The van der Waals surface area contributed by atoms with E-state index in [0.717, 1.165) is 57.3 Å². The van der Waals surface area contributed by atoms with Gasteiger partial charge in [-0.05, 0) is 75.2 Å². The van der Waals surface area contributed by atoms with Crippen molar-refractivity contribution in [2.45, 2.75) is 70.8 Å². The van der Waals surface area contributed by atoms with Gasteiger partial charge in [0.25, 0.3) is 0 Å².